The molecule has 0 unspecified atom stereocenters. The van der Waals surface area contributed by atoms with Crippen LogP contribution in [0.4, 0.5) is 0 Å². The first-order chi connectivity index (χ1) is 11.4. The number of hydrogen-bond donors (Lipinski definition) is 0. The maximum Gasteiger partial charge on any atom is 0.274 e. The minimum absolute atomic E-state index is 0.0111. The number of carbonyl (C=O) groups excluding carboxylic acids is 1. The van der Waals surface area contributed by atoms with Crippen LogP contribution in [-0.2, 0) is 13.6 Å². The lowest BCUT2D eigenvalue weighted by Crippen LogP contribution is -2.40. The Bertz CT molecular complexity index is 780. The van der Waals surface area contributed by atoms with Crippen molar-refractivity contribution in [3.8, 4) is 0 Å². The summed E-state index contributed by atoms with van der Waals surface area (Å²) < 4.78 is 3.26. The Kier molecular flexibility index (Phi) is 4.51. The van der Waals surface area contributed by atoms with Crippen LogP contribution in [-0.4, -0.2) is 43.5 Å². The second-order valence-electron chi connectivity index (χ2n) is 6.53. The molecule has 7 heteroatoms. The summed E-state index contributed by atoms with van der Waals surface area (Å²) >= 11 is 0. The average Bonchev–Trinajstić information content (AvgIpc) is 2.90. The number of aromatic nitrogens is 4. The third-order valence-corrected chi connectivity index (χ3v) is 4.67. The van der Waals surface area contributed by atoms with Crippen LogP contribution in [0.5, 0.6) is 0 Å². The van der Waals surface area contributed by atoms with E-state index in [0.29, 0.717) is 31.2 Å². The Balaban J connectivity index is 1.60. The van der Waals surface area contributed by atoms with Crippen LogP contribution in [0.2, 0.25) is 0 Å². The number of nitrogens with zero attached hydrogens (tertiary/aromatic N) is 5. The van der Waals surface area contributed by atoms with Crippen molar-refractivity contribution in [2.75, 3.05) is 13.1 Å². The average molecular weight is 329 g/mol. The van der Waals surface area contributed by atoms with Crippen molar-refractivity contribution in [2.24, 2.45) is 13.0 Å². The number of likely N-dealkylation sites (tertiary alicyclic amines) is 1. The van der Waals surface area contributed by atoms with Gasteiger partial charge in [0.25, 0.3) is 11.5 Å². The number of rotatable bonds is 3. The topological polar surface area (TPSA) is 73.0 Å². The van der Waals surface area contributed by atoms with Crippen LogP contribution in [0.25, 0.3) is 0 Å². The van der Waals surface area contributed by atoms with E-state index >= 15 is 0 Å². The summed E-state index contributed by atoms with van der Waals surface area (Å²) in [6.07, 6.45) is 1.75. The predicted molar refractivity (Wildman–Crippen MR) is 89.8 cm³/mol. The Morgan fingerprint density at radius 2 is 1.92 bits per heavy atom. The van der Waals surface area contributed by atoms with Gasteiger partial charge in [-0.05, 0) is 44.7 Å². The molecule has 1 aliphatic rings. The van der Waals surface area contributed by atoms with Crippen molar-refractivity contribution in [2.45, 2.75) is 33.2 Å². The highest BCUT2D eigenvalue weighted by atomic mass is 16.2. The number of aryl methyl sites for hydroxylation is 3. The molecule has 2 aromatic rings. The zero-order valence-corrected chi connectivity index (χ0v) is 14.4. The van der Waals surface area contributed by atoms with Gasteiger partial charge in [-0.2, -0.15) is 10.2 Å². The summed E-state index contributed by atoms with van der Waals surface area (Å²) in [5.74, 6) is 0.356. The normalized spacial score (nSPS) is 15.7. The molecule has 0 atom stereocenters. The molecule has 0 saturated carbocycles. The van der Waals surface area contributed by atoms with E-state index in [4.69, 9.17) is 0 Å². The standard InChI is InChI=1S/C17H23N5O2/c1-12-4-5-16(23)22(18-12)11-14-6-8-21(9-7-14)17(24)15-10-13(2)20(3)19-15/h4-5,10,14H,6-9,11H2,1-3H3. The van der Waals surface area contributed by atoms with E-state index in [1.807, 2.05) is 31.9 Å². The molecule has 0 aromatic carbocycles. The molecule has 1 fully saturated rings. The number of hydrogen-bond acceptors (Lipinski definition) is 4. The van der Waals surface area contributed by atoms with Gasteiger partial charge in [-0.25, -0.2) is 4.68 Å². The number of carbonyl (C=O) groups is 1. The van der Waals surface area contributed by atoms with Crippen molar-refractivity contribution < 1.29 is 4.79 Å². The molecule has 0 spiro atoms. The Morgan fingerprint density at radius 1 is 1.21 bits per heavy atom. The van der Waals surface area contributed by atoms with E-state index < -0.39 is 0 Å². The first-order valence-electron chi connectivity index (χ1n) is 8.28. The molecule has 1 saturated heterocycles. The lowest BCUT2D eigenvalue weighted by atomic mass is 9.96. The monoisotopic (exact) mass is 329 g/mol. The van der Waals surface area contributed by atoms with E-state index in [0.717, 1.165) is 24.2 Å². The second-order valence-corrected chi connectivity index (χ2v) is 6.53. The second kappa shape index (κ2) is 6.59. The molecule has 3 rings (SSSR count). The van der Waals surface area contributed by atoms with Gasteiger partial charge in [-0.15, -0.1) is 0 Å². The first-order valence-corrected chi connectivity index (χ1v) is 8.28. The third kappa shape index (κ3) is 3.39. The Labute approximate surface area is 140 Å². The highest BCUT2D eigenvalue weighted by Crippen LogP contribution is 2.20. The smallest absolute Gasteiger partial charge is 0.274 e. The van der Waals surface area contributed by atoms with Crippen molar-refractivity contribution in [1.29, 1.82) is 0 Å². The Hall–Kier alpha value is -2.44. The maximum absolute atomic E-state index is 12.5. The Morgan fingerprint density at radius 3 is 2.54 bits per heavy atom. The van der Waals surface area contributed by atoms with E-state index in [1.165, 1.54) is 0 Å². The summed E-state index contributed by atoms with van der Waals surface area (Å²) in [5, 5.41) is 8.56. The minimum atomic E-state index is -0.0666. The lowest BCUT2D eigenvalue weighted by Gasteiger charge is -2.31. The molecule has 7 nitrogen and oxygen atoms in total. The summed E-state index contributed by atoms with van der Waals surface area (Å²) in [6, 6.07) is 5.12. The molecular formula is C17H23N5O2. The lowest BCUT2D eigenvalue weighted by molar-refractivity contribution is 0.0673. The summed E-state index contributed by atoms with van der Waals surface area (Å²) in [6.45, 7) is 5.82. The van der Waals surface area contributed by atoms with Gasteiger partial charge in [0, 0.05) is 38.4 Å². The fourth-order valence-corrected chi connectivity index (χ4v) is 3.07. The van der Waals surface area contributed by atoms with Crippen molar-refractivity contribution in [1.82, 2.24) is 24.5 Å². The van der Waals surface area contributed by atoms with Crippen molar-refractivity contribution >= 4 is 5.91 Å². The van der Waals surface area contributed by atoms with E-state index in [2.05, 4.69) is 10.2 Å². The molecule has 0 radical (unpaired) electrons. The maximum atomic E-state index is 12.5. The van der Waals surface area contributed by atoms with Gasteiger partial charge >= 0.3 is 0 Å². The molecule has 128 valence electrons. The molecule has 0 aliphatic carbocycles. The summed E-state index contributed by atoms with van der Waals surface area (Å²) in [5.41, 5.74) is 2.25. The van der Waals surface area contributed by atoms with E-state index in [1.54, 1.807) is 21.5 Å². The van der Waals surface area contributed by atoms with Crippen LogP contribution in [0.3, 0.4) is 0 Å². The van der Waals surface area contributed by atoms with Crippen molar-refractivity contribution in [3.05, 3.63) is 45.6 Å². The number of piperidine rings is 1. The van der Waals surface area contributed by atoms with Gasteiger partial charge in [-0.3, -0.25) is 14.3 Å². The third-order valence-electron chi connectivity index (χ3n) is 4.67. The van der Waals surface area contributed by atoms with Gasteiger partial charge in [0.05, 0.1) is 5.69 Å². The van der Waals surface area contributed by atoms with Crippen LogP contribution >= 0.6 is 0 Å². The van der Waals surface area contributed by atoms with Crippen LogP contribution in [0, 0.1) is 19.8 Å². The minimum Gasteiger partial charge on any atom is -0.337 e. The van der Waals surface area contributed by atoms with E-state index in [-0.39, 0.29) is 11.5 Å². The highest BCUT2D eigenvalue weighted by molar-refractivity contribution is 5.92. The predicted octanol–water partition coefficient (Wildman–Crippen LogP) is 1.15. The fraction of sp³-hybridized carbons (Fsp3) is 0.529. The summed E-state index contributed by atoms with van der Waals surface area (Å²) in [7, 11) is 1.84. The van der Waals surface area contributed by atoms with Gasteiger partial charge in [0.1, 0.15) is 0 Å². The van der Waals surface area contributed by atoms with Crippen molar-refractivity contribution in [3.63, 3.8) is 0 Å². The van der Waals surface area contributed by atoms with Gasteiger partial charge in [0.15, 0.2) is 5.69 Å². The van der Waals surface area contributed by atoms with Crippen LogP contribution < -0.4 is 5.56 Å². The molecule has 1 amide bonds. The highest BCUT2D eigenvalue weighted by Gasteiger charge is 2.25. The molecular weight excluding hydrogens is 306 g/mol. The molecule has 1 aliphatic heterocycles. The SMILES string of the molecule is Cc1ccc(=O)n(CC2CCN(C(=O)c3cc(C)n(C)n3)CC2)n1. The molecule has 24 heavy (non-hydrogen) atoms. The van der Waals surface area contributed by atoms with Crippen LogP contribution in [0.1, 0.15) is 34.7 Å². The van der Waals surface area contributed by atoms with Gasteiger partial charge < -0.3 is 4.90 Å². The van der Waals surface area contributed by atoms with Crippen LogP contribution in [0.15, 0.2) is 23.0 Å². The fourth-order valence-electron chi connectivity index (χ4n) is 3.07. The van der Waals surface area contributed by atoms with E-state index in [9.17, 15) is 9.59 Å². The quantitative estimate of drug-likeness (QED) is 0.847. The molecule has 0 bridgehead atoms. The number of amides is 1. The molecule has 3 heterocycles. The molecule has 2 aromatic heterocycles. The largest absolute Gasteiger partial charge is 0.337 e. The zero-order valence-electron chi connectivity index (χ0n) is 14.4. The first kappa shape index (κ1) is 16.4. The summed E-state index contributed by atoms with van der Waals surface area (Å²) in [4.78, 5) is 26.2. The van der Waals surface area contributed by atoms with Gasteiger partial charge in [-0.1, -0.05) is 0 Å². The zero-order chi connectivity index (χ0) is 17.3. The molecule has 0 N–H and O–H groups in total. The van der Waals surface area contributed by atoms with Gasteiger partial charge in [0.2, 0.25) is 0 Å².